The summed E-state index contributed by atoms with van der Waals surface area (Å²) < 4.78 is 32.6. The molecule has 2 N–H and O–H groups in total. The zero-order valence-corrected chi connectivity index (χ0v) is 20.1. The van der Waals surface area contributed by atoms with Crippen LogP contribution in [0.1, 0.15) is 142 Å². The molecule has 0 heterocycles. The lowest BCUT2D eigenvalue weighted by atomic mass is 10.0. The van der Waals surface area contributed by atoms with E-state index in [-0.39, 0.29) is 6.61 Å². The van der Waals surface area contributed by atoms with Crippen LogP contribution in [-0.4, -0.2) is 29.9 Å². The van der Waals surface area contributed by atoms with Crippen molar-refractivity contribution in [2.45, 2.75) is 147 Å². The summed E-state index contributed by atoms with van der Waals surface area (Å²) in [4.78, 5) is 0. The summed E-state index contributed by atoms with van der Waals surface area (Å²) in [7, 11) is -3.92. The van der Waals surface area contributed by atoms with Crippen molar-refractivity contribution in [2.24, 2.45) is 0 Å². The minimum atomic E-state index is -3.92. The molecule has 0 aliphatic carbocycles. The molecule has 29 heavy (non-hydrogen) atoms. The second kappa shape index (κ2) is 21.1. The lowest BCUT2D eigenvalue weighted by Crippen LogP contribution is -2.20. The second-order valence-corrected chi connectivity index (χ2v) is 10.5. The zero-order valence-electron chi connectivity index (χ0n) is 19.3. The van der Waals surface area contributed by atoms with Gasteiger partial charge in [0.2, 0.25) is 0 Å². The molecule has 0 aliphatic heterocycles. The summed E-state index contributed by atoms with van der Waals surface area (Å²) in [5, 5.41) is 8.18. The fourth-order valence-corrected chi connectivity index (χ4v) is 4.95. The molecule has 0 aromatic carbocycles. The molecule has 0 aromatic heterocycles. The molecule has 0 fully saturated rings. The number of hydrogen-bond donors (Lipinski definition) is 2. The van der Waals surface area contributed by atoms with E-state index < -0.39 is 15.4 Å². The van der Waals surface area contributed by atoms with Crippen molar-refractivity contribution in [1.29, 1.82) is 0 Å². The van der Waals surface area contributed by atoms with Gasteiger partial charge in [0.25, 0.3) is 10.1 Å². The summed E-state index contributed by atoms with van der Waals surface area (Å²) >= 11 is 0. The zero-order chi connectivity index (χ0) is 21.6. The highest BCUT2D eigenvalue weighted by atomic mass is 32.2. The van der Waals surface area contributed by atoms with E-state index in [4.69, 9.17) is 5.11 Å². The Morgan fingerprint density at radius 2 is 0.862 bits per heavy atom. The highest BCUT2D eigenvalue weighted by Gasteiger charge is 2.21. The molecule has 0 aliphatic rings. The van der Waals surface area contributed by atoms with Crippen LogP contribution in [0.4, 0.5) is 0 Å². The van der Waals surface area contributed by atoms with Crippen molar-refractivity contribution in [2.75, 3.05) is 6.61 Å². The molecule has 0 amide bonds. The van der Waals surface area contributed by atoms with Crippen molar-refractivity contribution >= 4 is 10.1 Å². The Kier molecular flexibility index (Phi) is 21.0. The van der Waals surface area contributed by atoms with E-state index in [9.17, 15) is 13.0 Å². The van der Waals surface area contributed by atoms with Crippen molar-refractivity contribution in [3.05, 3.63) is 0 Å². The topological polar surface area (TPSA) is 74.6 Å². The third kappa shape index (κ3) is 20.9. The van der Waals surface area contributed by atoms with E-state index in [0.717, 1.165) is 44.9 Å². The number of aliphatic hydroxyl groups excluding tert-OH is 1. The molecule has 0 saturated carbocycles. The van der Waals surface area contributed by atoms with E-state index in [1.54, 1.807) is 0 Å². The van der Waals surface area contributed by atoms with Crippen LogP contribution in [-0.2, 0) is 10.1 Å². The summed E-state index contributed by atoms with van der Waals surface area (Å²) in [6.07, 6.45) is 23.9. The monoisotopic (exact) mass is 434 g/mol. The predicted octanol–water partition coefficient (Wildman–Crippen LogP) is 7.45. The van der Waals surface area contributed by atoms with Crippen molar-refractivity contribution in [3.8, 4) is 0 Å². The van der Waals surface area contributed by atoms with Crippen molar-refractivity contribution in [1.82, 2.24) is 0 Å². The summed E-state index contributed by atoms with van der Waals surface area (Å²) in [5.41, 5.74) is 0. The maximum absolute atomic E-state index is 11.6. The largest absolute Gasteiger partial charge is 0.396 e. The molecule has 1 atom stereocenters. The van der Waals surface area contributed by atoms with Gasteiger partial charge in [-0.1, -0.05) is 122 Å². The second-order valence-electron chi connectivity index (χ2n) is 8.80. The minimum Gasteiger partial charge on any atom is -0.396 e. The molecular weight excluding hydrogens is 384 g/mol. The molecule has 1 unspecified atom stereocenters. The van der Waals surface area contributed by atoms with Gasteiger partial charge in [0.05, 0.1) is 5.25 Å². The summed E-state index contributed by atoms with van der Waals surface area (Å²) in [6.45, 7) is 2.49. The Bertz CT molecular complexity index is 423. The molecule has 0 rings (SSSR count). The van der Waals surface area contributed by atoms with Crippen LogP contribution in [0.15, 0.2) is 0 Å². The van der Waals surface area contributed by atoms with Crippen LogP contribution < -0.4 is 0 Å². The van der Waals surface area contributed by atoms with Gasteiger partial charge in [-0.15, -0.1) is 0 Å². The molecule has 0 saturated heterocycles. The van der Waals surface area contributed by atoms with E-state index in [1.165, 1.54) is 77.0 Å². The molecule has 0 aromatic rings. The fourth-order valence-electron chi connectivity index (χ4n) is 4.02. The average molecular weight is 435 g/mol. The normalized spacial score (nSPS) is 13.1. The molecule has 0 spiro atoms. The van der Waals surface area contributed by atoms with E-state index >= 15 is 0 Å². The highest BCUT2D eigenvalue weighted by Crippen LogP contribution is 2.19. The van der Waals surface area contributed by atoms with Gasteiger partial charge in [-0.3, -0.25) is 4.55 Å². The maximum Gasteiger partial charge on any atom is 0.267 e. The van der Waals surface area contributed by atoms with E-state index in [0.29, 0.717) is 12.8 Å². The fraction of sp³-hybridized carbons (Fsp3) is 1.00. The number of aliphatic hydroxyl groups is 1. The van der Waals surface area contributed by atoms with Gasteiger partial charge in [0.1, 0.15) is 0 Å². The average Bonchev–Trinajstić information content (AvgIpc) is 2.68. The number of unbranched alkanes of at least 4 members (excludes halogenated alkanes) is 17. The van der Waals surface area contributed by atoms with E-state index in [1.807, 2.05) is 0 Å². The van der Waals surface area contributed by atoms with Gasteiger partial charge < -0.3 is 5.11 Å². The van der Waals surface area contributed by atoms with Gasteiger partial charge in [-0.25, -0.2) is 0 Å². The Morgan fingerprint density at radius 1 is 0.552 bits per heavy atom. The first-order chi connectivity index (χ1) is 14.0. The van der Waals surface area contributed by atoms with Gasteiger partial charge >= 0.3 is 0 Å². The molecule has 0 radical (unpaired) electrons. The standard InChI is InChI=1S/C24H50O4S/c1-2-3-4-5-6-7-8-9-10-11-12-13-15-18-21-24(29(26,27)28)22-19-16-14-17-20-23-25/h24-25H,2-23H2,1H3,(H,26,27,28). The Balaban J connectivity index is 3.54. The molecule has 4 nitrogen and oxygen atoms in total. The third-order valence-corrected chi connectivity index (χ3v) is 7.30. The SMILES string of the molecule is CCCCCCCCCCCCCCCCC(CCCCCCCO)S(=O)(=O)O. The first-order valence-corrected chi connectivity index (χ1v) is 14.1. The van der Waals surface area contributed by atoms with Crippen molar-refractivity contribution in [3.63, 3.8) is 0 Å². The number of rotatable bonds is 23. The Labute approximate surface area is 182 Å². The number of hydrogen-bond acceptors (Lipinski definition) is 3. The quantitative estimate of drug-likeness (QED) is 0.129. The lowest BCUT2D eigenvalue weighted by Gasteiger charge is -2.13. The first-order valence-electron chi connectivity index (χ1n) is 12.6. The van der Waals surface area contributed by atoms with Crippen LogP contribution >= 0.6 is 0 Å². The highest BCUT2D eigenvalue weighted by molar-refractivity contribution is 7.86. The predicted molar refractivity (Wildman–Crippen MR) is 125 cm³/mol. The molecular formula is C24H50O4S. The summed E-state index contributed by atoms with van der Waals surface area (Å²) in [5.74, 6) is 0. The van der Waals surface area contributed by atoms with Gasteiger partial charge in [0, 0.05) is 6.61 Å². The molecule has 176 valence electrons. The van der Waals surface area contributed by atoms with Crippen LogP contribution in [0.2, 0.25) is 0 Å². The smallest absolute Gasteiger partial charge is 0.267 e. The van der Waals surface area contributed by atoms with Gasteiger partial charge in [0.15, 0.2) is 0 Å². The van der Waals surface area contributed by atoms with Gasteiger partial charge in [-0.05, 0) is 19.3 Å². The minimum absolute atomic E-state index is 0.229. The van der Waals surface area contributed by atoms with Crippen LogP contribution in [0.5, 0.6) is 0 Å². The Hall–Kier alpha value is -0.130. The first kappa shape index (κ1) is 28.9. The van der Waals surface area contributed by atoms with Crippen LogP contribution in [0, 0.1) is 0 Å². The van der Waals surface area contributed by atoms with Crippen LogP contribution in [0.25, 0.3) is 0 Å². The van der Waals surface area contributed by atoms with Crippen LogP contribution in [0.3, 0.4) is 0 Å². The maximum atomic E-state index is 11.6. The summed E-state index contributed by atoms with van der Waals surface area (Å²) in [6, 6.07) is 0. The lowest BCUT2D eigenvalue weighted by molar-refractivity contribution is 0.282. The Morgan fingerprint density at radius 3 is 1.17 bits per heavy atom. The third-order valence-electron chi connectivity index (χ3n) is 5.99. The van der Waals surface area contributed by atoms with Gasteiger partial charge in [-0.2, -0.15) is 8.42 Å². The van der Waals surface area contributed by atoms with Crippen molar-refractivity contribution < 1.29 is 18.1 Å². The molecule has 0 bridgehead atoms. The molecule has 5 heteroatoms. The van der Waals surface area contributed by atoms with E-state index in [2.05, 4.69) is 6.92 Å².